The van der Waals surface area contributed by atoms with Gasteiger partial charge in [-0.25, -0.2) is 0 Å². The Morgan fingerprint density at radius 2 is 2.17 bits per heavy atom. The van der Waals surface area contributed by atoms with Crippen molar-refractivity contribution in [2.24, 2.45) is 0 Å². The number of amides is 1. The molecule has 1 aliphatic heterocycles. The molecular formula is C16H17ClN2O4S. The molecule has 0 fully saturated rings. The van der Waals surface area contributed by atoms with E-state index in [2.05, 4.69) is 10.5 Å². The molecule has 0 saturated carbocycles. The number of thioether (sulfide) groups is 1. The maximum Gasteiger partial charge on any atom is 0.238 e. The van der Waals surface area contributed by atoms with Gasteiger partial charge in [-0.15, -0.1) is 11.8 Å². The standard InChI is InChI=1S/C16H17ClN2O4S/c1-9-5-14(19-23-9)18-16(20)10(2)24-8-11-6-12(17)15-13(7-11)21-3-4-22-15/h5-7,10H,3-4,8H2,1-2H3,(H,18,19,20). The van der Waals surface area contributed by atoms with Crippen LogP contribution >= 0.6 is 23.4 Å². The second-order valence-electron chi connectivity index (χ2n) is 5.37. The summed E-state index contributed by atoms with van der Waals surface area (Å²) in [5.41, 5.74) is 0.978. The number of aryl methyl sites for hydroxylation is 1. The van der Waals surface area contributed by atoms with Crippen LogP contribution in [0.4, 0.5) is 5.82 Å². The number of carbonyl (C=O) groups excluding carboxylic acids is 1. The van der Waals surface area contributed by atoms with Crippen molar-refractivity contribution in [3.05, 3.63) is 34.5 Å². The zero-order valence-electron chi connectivity index (χ0n) is 13.3. The number of rotatable bonds is 5. The van der Waals surface area contributed by atoms with Crippen molar-refractivity contribution in [2.45, 2.75) is 24.9 Å². The Labute approximate surface area is 148 Å². The van der Waals surface area contributed by atoms with Crippen molar-refractivity contribution in [1.29, 1.82) is 0 Å². The highest BCUT2D eigenvalue weighted by Crippen LogP contribution is 2.39. The van der Waals surface area contributed by atoms with Gasteiger partial charge in [0.05, 0.1) is 10.3 Å². The van der Waals surface area contributed by atoms with E-state index in [1.165, 1.54) is 11.8 Å². The van der Waals surface area contributed by atoms with E-state index in [0.29, 0.717) is 47.1 Å². The van der Waals surface area contributed by atoms with Crippen molar-refractivity contribution in [1.82, 2.24) is 5.16 Å². The molecule has 0 radical (unpaired) electrons. The van der Waals surface area contributed by atoms with Gasteiger partial charge in [0.2, 0.25) is 5.91 Å². The topological polar surface area (TPSA) is 73.6 Å². The summed E-state index contributed by atoms with van der Waals surface area (Å²) in [4.78, 5) is 12.2. The number of aromatic nitrogens is 1. The number of nitrogens with one attached hydrogen (secondary N) is 1. The summed E-state index contributed by atoms with van der Waals surface area (Å²) in [5, 5.41) is 6.75. The highest BCUT2D eigenvalue weighted by atomic mass is 35.5. The molecule has 2 heterocycles. The normalized spacial score (nSPS) is 14.3. The van der Waals surface area contributed by atoms with Gasteiger partial charge in [0.1, 0.15) is 19.0 Å². The Bertz CT molecular complexity index is 750. The molecule has 8 heteroatoms. The van der Waals surface area contributed by atoms with Crippen LogP contribution in [0.3, 0.4) is 0 Å². The minimum Gasteiger partial charge on any atom is -0.486 e. The lowest BCUT2D eigenvalue weighted by atomic mass is 10.2. The Morgan fingerprint density at radius 1 is 1.38 bits per heavy atom. The fourth-order valence-corrected chi connectivity index (χ4v) is 3.30. The van der Waals surface area contributed by atoms with Crippen molar-refractivity contribution in [3.63, 3.8) is 0 Å². The summed E-state index contributed by atoms with van der Waals surface area (Å²) in [7, 11) is 0. The molecule has 0 bridgehead atoms. The smallest absolute Gasteiger partial charge is 0.238 e. The number of fused-ring (bicyclic) bond motifs is 1. The molecular weight excluding hydrogens is 352 g/mol. The summed E-state index contributed by atoms with van der Waals surface area (Å²) >= 11 is 7.72. The van der Waals surface area contributed by atoms with Crippen LogP contribution in [0.25, 0.3) is 0 Å². The Morgan fingerprint density at radius 3 is 2.92 bits per heavy atom. The van der Waals surface area contributed by atoms with Crippen LogP contribution in [-0.2, 0) is 10.5 Å². The van der Waals surface area contributed by atoms with Gasteiger partial charge in [0.15, 0.2) is 17.3 Å². The van der Waals surface area contributed by atoms with Crippen LogP contribution in [0, 0.1) is 6.92 Å². The second-order valence-corrected chi connectivity index (χ2v) is 7.10. The van der Waals surface area contributed by atoms with E-state index >= 15 is 0 Å². The summed E-state index contributed by atoms with van der Waals surface area (Å²) in [6.45, 7) is 4.62. The van der Waals surface area contributed by atoms with Gasteiger partial charge in [-0.2, -0.15) is 0 Å². The van der Waals surface area contributed by atoms with Gasteiger partial charge in [-0.1, -0.05) is 16.8 Å². The highest BCUT2D eigenvalue weighted by Gasteiger charge is 2.19. The van der Waals surface area contributed by atoms with Gasteiger partial charge >= 0.3 is 0 Å². The average Bonchev–Trinajstić information content (AvgIpc) is 2.97. The minimum atomic E-state index is -0.256. The Hall–Kier alpha value is -1.86. The molecule has 0 spiro atoms. The quantitative estimate of drug-likeness (QED) is 0.868. The van der Waals surface area contributed by atoms with E-state index < -0.39 is 0 Å². The van der Waals surface area contributed by atoms with Gasteiger partial charge in [-0.3, -0.25) is 4.79 Å². The minimum absolute atomic E-state index is 0.128. The lowest BCUT2D eigenvalue weighted by molar-refractivity contribution is -0.115. The average molecular weight is 369 g/mol. The third kappa shape index (κ3) is 3.96. The number of nitrogens with zero attached hydrogens (tertiary/aromatic N) is 1. The predicted molar refractivity (Wildman–Crippen MR) is 93.1 cm³/mol. The molecule has 1 N–H and O–H groups in total. The number of ether oxygens (including phenoxy) is 2. The maximum atomic E-state index is 12.2. The number of hydrogen-bond donors (Lipinski definition) is 1. The molecule has 3 rings (SSSR count). The second kappa shape index (κ2) is 7.36. The highest BCUT2D eigenvalue weighted by molar-refractivity contribution is 7.99. The van der Waals surface area contributed by atoms with Crippen molar-refractivity contribution in [3.8, 4) is 11.5 Å². The SMILES string of the molecule is Cc1cc(NC(=O)C(C)SCc2cc(Cl)c3c(c2)OCCO3)no1. The lowest BCUT2D eigenvalue weighted by Crippen LogP contribution is -2.22. The third-order valence-electron chi connectivity index (χ3n) is 3.41. The van der Waals surface area contributed by atoms with Gasteiger partial charge < -0.3 is 19.3 Å². The van der Waals surface area contributed by atoms with Gasteiger partial charge in [-0.05, 0) is 31.5 Å². The number of carbonyl (C=O) groups is 1. The lowest BCUT2D eigenvalue weighted by Gasteiger charge is -2.20. The molecule has 0 aliphatic carbocycles. The zero-order chi connectivity index (χ0) is 17.1. The van der Waals surface area contributed by atoms with Crippen LogP contribution in [0.1, 0.15) is 18.2 Å². The molecule has 6 nitrogen and oxygen atoms in total. The van der Waals surface area contributed by atoms with Crippen LogP contribution in [0.5, 0.6) is 11.5 Å². The molecule has 1 atom stereocenters. The van der Waals surface area contributed by atoms with E-state index in [-0.39, 0.29) is 11.2 Å². The van der Waals surface area contributed by atoms with Crippen LogP contribution in [0.2, 0.25) is 5.02 Å². The zero-order valence-corrected chi connectivity index (χ0v) is 14.9. The number of hydrogen-bond acceptors (Lipinski definition) is 6. The van der Waals surface area contributed by atoms with Crippen molar-refractivity contribution in [2.75, 3.05) is 18.5 Å². The van der Waals surface area contributed by atoms with E-state index in [0.717, 1.165) is 5.56 Å². The van der Waals surface area contributed by atoms with E-state index in [1.807, 2.05) is 19.1 Å². The van der Waals surface area contributed by atoms with Gasteiger partial charge in [0, 0.05) is 11.8 Å². The van der Waals surface area contributed by atoms with Crippen LogP contribution in [0.15, 0.2) is 22.7 Å². The molecule has 0 saturated heterocycles. The largest absolute Gasteiger partial charge is 0.486 e. The van der Waals surface area contributed by atoms with Crippen LogP contribution in [-0.4, -0.2) is 29.5 Å². The third-order valence-corrected chi connectivity index (χ3v) is 4.90. The first-order valence-corrected chi connectivity index (χ1v) is 8.89. The molecule has 1 aliphatic rings. The predicted octanol–water partition coefficient (Wildman–Crippen LogP) is 3.67. The van der Waals surface area contributed by atoms with Crippen molar-refractivity contribution < 1.29 is 18.8 Å². The molecule has 24 heavy (non-hydrogen) atoms. The van der Waals surface area contributed by atoms with Gasteiger partial charge in [0.25, 0.3) is 0 Å². The fraction of sp³-hybridized carbons (Fsp3) is 0.375. The number of benzene rings is 1. The van der Waals surface area contributed by atoms with Crippen molar-refractivity contribution >= 4 is 35.1 Å². The molecule has 1 aromatic heterocycles. The molecule has 1 amide bonds. The number of anilines is 1. The Balaban J connectivity index is 1.58. The van der Waals surface area contributed by atoms with E-state index in [4.69, 9.17) is 25.6 Å². The first-order valence-electron chi connectivity index (χ1n) is 7.47. The summed E-state index contributed by atoms with van der Waals surface area (Å²) in [6, 6.07) is 5.42. The monoisotopic (exact) mass is 368 g/mol. The molecule has 2 aromatic rings. The fourth-order valence-electron chi connectivity index (χ4n) is 2.20. The first-order chi connectivity index (χ1) is 11.5. The molecule has 128 valence electrons. The van der Waals surface area contributed by atoms with E-state index in [9.17, 15) is 4.79 Å². The Kier molecular flexibility index (Phi) is 5.20. The maximum absolute atomic E-state index is 12.2. The van der Waals surface area contributed by atoms with Crippen LogP contribution < -0.4 is 14.8 Å². The molecule has 1 unspecified atom stereocenters. The summed E-state index contributed by atoms with van der Waals surface area (Å²) in [5.74, 6) is 2.81. The van der Waals surface area contributed by atoms with E-state index in [1.54, 1.807) is 13.0 Å². The summed E-state index contributed by atoms with van der Waals surface area (Å²) < 4.78 is 16.0. The number of halogens is 1. The first kappa shape index (κ1) is 17.0. The molecule has 1 aromatic carbocycles. The summed E-state index contributed by atoms with van der Waals surface area (Å²) in [6.07, 6.45) is 0.